The average Bonchev–Trinajstić information content (AvgIpc) is 3.40. The molecule has 0 saturated carbocycles. The van der Waals surface area contributed by atoms with E-state index in [1.54, 1.807) is 4.57 Å². The molecule has 2 aliphatic heterocycles. The number of nitro groups is 1. The van der Waals surface area contributed by atoms with Gasteiger partial charge in [-0.05, 0) is 60.4 Å². The lowest BCUT2D eigenvalue weighted by atomic mass is 10.1. The number of rotatable bonds is 8. The van der Waals surface area contributed by atoms with Gasteiger partial charge in [0.2, 0.25) is 0 Å². The maximum atomic E-state index is 12.3. The third-order valence-electron chi connectivity index (χ3n) is 6.45. The lowest BCUT2D eigenvalue weighted by Crippen LogP contribution is -2.40. The summed E-state index contributed by atoms with van der Waals surface area (Å²) in [4.78, 5) is 16.6. The number of alkyl halides is 3. The van der Waals surface area contributed by atoms with Gasteiger partial charge in [-0.25, -0.2) is 0 Å². The largest absolute Gasteiger partial charge is 0.573 e. The first-order valence-corrected chi connectivity index (χ1v) is 12.1. The number of hydrogen-bond acceptors (Lipinski definition) is 8. The number of nitrogens with zero attached hydrogens (tertiary/aromatic N) is 4. The van der Waals surface area contributed by atoms with Crippen molar-refractivity contribution in [2.75, 3.05) is 29.9 Å². The SMILES string of the molecule is C[C@]1(COc2ccc(N3CCC(Oc4ccc(OC(F)(F)F)cc4)CC3)cc2)Cn2cc([N+](=O)[O-])nc2N1. The first-order valence-electron chi connectivity index (χ1n) is 12.1. The van der Waals surface area contributed by atoms with Crippen LogP contribution in [0.5, 0.6) is 17.2 Å². The number of imidazole rings is 1. The number of benzene rings is 2. The molecule has 3 heterocycles. The second-order valence-corrected chi connectivity index (χ2v) is 9.60. The number of nitrogens with one attached hydrogen (secondary N) is 1. The summed E-state index contributed by atoms with van der Waals surface area (Å²) in [6.45, 7) is 4.39. The molecule has 1 N–H and O–H groups in total. The number of aromatic nitrogens is 2. The molecule has 0 unspecified atom stereocenters. The molecule has 2 aliphatic rings. The number of fused-ring (bicyclic) bond motifs is 1. The maximum Gasteiger partial charge on any atom is 0.573 e. The summed E-state index contributed by atoms with van der Waals surface area (Å²) in [6, 6.07) is 13.2. The third kappa shape index (κ3) is 6.03. The summed E-state index contributed by atoms with van der Waals surface area (Å²) in [5.41, 5.74) is 0.617. The Labute approximate surface area is 216 Å². The molecule has 38 heavy (non-hydrogen) atoms. The van der Waals surface area contributed by atoms with Gasteiger partial charge in [0.1, 0.15) is 36.2 Å². The number of hydrogen-bond donors (Lipinski definition) is 1. The summed E-state index contributed by atoms with van der Waals surface area (Å²) in [7, 11) is 0. The molecular weight excluding hydrogens is 507 g/mol. The van der Waals surface area contributed by atoms with Crippen molar-refractivity contribution in [3.8, 4) is 17.2 Å². The van der Waals surface area contributed by atoms with Crippen LogP contribution in [-0.4, -0.2) is 52.2 Å². The predicted molar refractivity (Wildman–Crippen MR) is 132 cm³/mol. The lowest BCUT2D eigenvalue weighted by molar-refractivity contribution is -0.389. The van der Waals surface area contributed by atoms with Crippen molar-refractivity contribution < 1.29 is 32.3 Å². The molecule has 1 atom stereocenters. The number of ether oxygens (including phenoxy) is 3. The zero-order chi connectivity index (χ0) is 26.9. The van der Waals surface area contributed by atoms with Crippen molar-refractivity contribution in [1.82, 2.24) is 9.55 Å². The van der Waals surface area contributed by atoms with E-state index in [1.807, 2.05) is 31.2 Å². The van der Waals surface area contributed by atoms with E-state index in [0.29, 0.717) is 30.6 Å². The molecule has 13 heteroatoms. The van der Waals surface area contributed by atoms with Gasteiger partial charge in [-0.1, -0.05) is 0 Å². The zero-order valence-electron chi connectivity index (χ0n) is 20.5. The molecule has 0 amide bonds. The molecule has 1 fully saturated rings. The summed E-state index contributed by atoms with van der Waals surface area (Å²) in [5, 5.41) is 14.1. The van der Waals surface area contributed by atoms with Crippen molar-refractivity contribution in [3.05, 3.63) is 64.8 Å². The van der Waals surface area contributed by atoms with E-state index in [9.17, 15) is 23.3 Å². The van der Waals surface area contributed by atoms with Gasteiger partial charge in [0.15, 0.2) is 0 Å². The predicted octanol–water partition coefficient (Wildman–Crippen LogP) is 5.00. The fourth-order valence-electron chi connectivity index (χ4n) is 4.62. The minimum absolute atomic E-state index is 0.0287. The molecule has 0 spiro atoms. The molecule has 10 nitrogen and oxygen atoms in total. The fraction of sp³-hybridized carbons (Fsp3) is 0.400. The molecule has 0 aliphatic carbocycles. The van der Waals surface area contributed by atoms with Crippen molar-refractivity contribution >= 4 is 17.5 Å². The van der Waals surface area contributed by atoms with Crippen molar-refractivity contribution in [2.45, 2.75) is 44.3 Å². The minimum Gasteiger partial charge on any atom is -0.491 e. The highest BCUT2D eigenvalue weighted by Gasteiger charge is 2.38. The Morgan fingerprint density at radius 2 is 1.71 bits per heavy atom. The Kier molecular flexibility index (Phi) is 6.67. The van der Waals surface area contributed by atoms with Crippen molar-refractivity contribution in [1.29, 1.82) is 0 Å². The van der Waals surface area contributed by atoms with Gasteiger partial charge in [-0.2, -0.15) is 0 Å². The molecule has 5 rings (SSSR count). The van der Waals surface area contributed by atoms with Gasteiger partial charge in [-0.3, -0.25) is 4.57 Å². The lowest BCUT2D eigenvalue weighted by Gasteiger charge is -2.34. The van der Waals surface area contributed by atoms with E-state index in [4.69, 9.17) is 9.47 Å². The summed E-state index contributed by atoms with van der Waals surface area (Å²) < 4.78 is 54.5. The maximum absolute atomic E-state index is 12.3. The second-order valence-electron chi connectivity index (χ2n) is 9.60. The van der Waals surface area contributed by atoms with Gasteiger partial charge in [0.25, 0.3) is 0 Å². The van der Waals surface area contributed by atoms with E-state index in [-0.39, 0.29) is 17.7 Å². The van der Waals surface area contributed by atoms with E-state index in [1.165, 1.54) is 30.5 Å². The van der Waals surface area contributed by atoms with Gasteiger partial charge in [0, 0.05) is 36.6 Å². The standard InChI is InChI=1S/C25H26F3N5O5/c1-24(15-32-14-22(33(34)35)29-23(32)30-24)16-36-18-4-2-17(3-5-18)31-12-10-20(11-13-31)37-19-6-8-21(9-7-19)38-25(26,27)28/h2-9,14,20H,10-13,15-16H2,1H3,(H,29,30)/t24-/m1/s1. The summed E-state index contributed by atoms with van der Waals surface area (Å²) >= 11 is 0. The first-order chi connectivity index (χ1) is 18.1. The Balaban J connectivity index is 1.07. The normalized spacial score (nSPS) is 19.5. The van der Waals surface area contributed by atoms with Crippen LogP contribution in [0.2, 0.25) is 0 Å². The monoisotopic (exact) mass is 533 g/mol. The molecular formula is C25H26F3N5O5. The van der Waals surface area contributed by atoms with E-state index in [2.05, 4.69) is 19.9 Å². The van der Waals surface area contributed by atoms with Crippen LogP contribution >= 0.6 is 0 Å². The fourth-order valence-corrected chi connectivity index (χ4v) is 4.62. The van der Waals surface area contributed by atoms with E-state index < -0.39 is 16.8 Å². The molecule has 0 bridgehead atoms. The highest BCUT2D eigenvalue weighted by atomic mass is 19.4. The number of piperidine rings is 1. The molecule has 0 radical (unpaired) electrons. The first kappa shape index (κ1) is 25.5. The summed E-state index contributed by atoms with van der Waals surface area (Å²) in [6.07, 6.45) is -1.78. The smallest absolute Gasteiger partial charge is 0.491 e. The molecule has 2 aromatic carbocycles. The van der Waals surface area contributed by atoms with Crippen molar-refractivity contribution in [3.63, 3.8) is 0 Å². The molecule has 202 valence electrons. The van der Waals surface area contributed by atoms with Gasteiger partial charge in [-0.15, -0.1) is 13.2 Å². The van der Waals surface area contributed by atoms with Crippen LogP contribution in [0.15, 0.2) is 54.7 Å². The van der Waals surface area contributed by atoms with Gasteiger partial charge >= 0.3 is 18.1 Å². The van der Waals surface area contributed by atoms with Crippen LogP contribution in [0.4, 0.5) is 30.6 Å². The van der Waals surface area contributed by atoms with Crippen LogP contribution in [0.3, 0.4) is 0 Å². The van der Waals surface area contributed by atoms with Crippen LogP contribution in [0.1, 0.15) is 19.8 Å². The van der Waals surface area contributed by atoms with Crippen molar-refractivity contribution in [2.24, 2.45) is 0 Å². The Morgan fingerprint density at radius 3 is 2.32 bits per heavy atom. The Morgan fingerprint density at radius 1 is 1.08 bits per heavy atom. The van der Waals surface area contributed by atoms with Gasteiger partial charge < -0.3 is 34.5 Å². The number of halogens is 3. The second kappa shape index (κ2) is 9.95. The third-order valence-corrected chi connectivity index (χ3v) is 6.45. The van der Waals surface area contributed by atoms with Crippen LogP contribution in [0, 0.1) is 10.1 Å². The molecule has 1 aromatic heterocycles. The van der Waals surface area contributed by atoms with Gasteiger partial charge in [0.05, 0.1) is 12.1 Å². The van der Waals surface area contributed by atoms with Crippen LogP contribution in [-0.2, 0) is 6.54 Å². The molecule has 1 saturated heterocycles. The topological polar surface area (TPSA) is 104 Å². The summed E-state index contributed by atoms with van der Waals surface area (Å²) in [5.74, 6) is 1.21. The highest BCUT2D eigenvalue weighted by Crippen LogP contribution is 2.31. The number of anilines is 2. The van der Waals surface area contributed by atoms with E-state index in [0.717, 1.165) is 31.6 Å². The van der Waals surface area contributed by atoms with E-state index >= 15 is 0 Å². The highest BCUT2D eigenvalue weighted by molar-refractivity contribution is 5.49. The van der Waals surface area contributed by atoms with Crippen LogP contribution in [0.25, 0.3) is 0 Å². The van der Waals surface area contributed by atoms with Crippen LogP contribution < -0.4 is 24.4 Å². The Bertz CT molecular complexity index is 1250. The molecule has 3 aromatic rings. The average molecular weight is 534 g/mol. The Hall–Kier alpha value is -4.16. The zero-order valence-corrected chi connectivity index (χ0v) is 20.5. The quantitative estimate of drug-likeness (QED) is 0.319. The minimum atomic E-state index is -4.72.